The van der Waals surface area contributed by atoms with E-state index in [1.165, 1.54) is 0 Å². The van der Waals surface area contributed by atoms with Crippen molar-refractivity contribution in [3.63, 3.8) is 0 Å². The Kier molecular flexibility index (Phi) is 3.53. The second kappa shape index (κ2) is 5.00. The van der Waals surface area contributed by atoms with E-state index in [1.807, 2.05) is 44.5 Å². The molecule has 2 rings (SSSR count). The first-order chi connectivity index (χ1) is 9.30. The van der Waals surface area contributed by atoms with Gasteiger partial charge in [-0.1, -0.05) is 12.1 Å². The predicted molar refractivity (Wildman–Crippen MR) is 80.8 cm³/mol. The number of aromatic nitrogens is 2. The molecule has 0 unspecified atom stereocenters. The van der Waals surface area contributed by atoms with Crippen LogP contribution in [0.15, 0.2) is 30.5 Å². The van der Waals surface area contributed by atoms with Crippen molar-refractivity contribution >= 4 is 17.3 Å². The van der Waals surface area contributed by atoms with E-state index in [1.54, 1.807) is 18.3 Å². The second-order valence-corrected chi connectivity index (χ2v) is 5.77. The Morgan fingerprint density at radius 2 is 1.95 bits per heavy atom. The molecule has 2 aromatic rings. The Morgan fingerprint density at radius 3 is 2.50 bits per heavy atom. The van der Waals surface area contributed by atoms with Gasteiger partial charge in [-0.2, -0.15) is 5.10 Å². The molecule has 5 nitrogen and oxygen atoms in total. The van der Waals surface area contributed by atoms with Crippen LogP contribution in [0.2, 0.25) is 0 Å². The normalized spacial score (nSPS) is 11.4. The summed E-state index contributed by atoms with van der Waals surface area (Å²) in [6, 6.07) is 7.18. The van der Waals surface area contributed by atoms with Crippen molar-refractivity contribution in [2.45, 2.75) is 33.2 Å². The summed E-state index contributed by atoms with van der Waals surface area (Å²) >= 11 is 0. The smallest absolute Gasteiger partial charge is 0.259 e. The monoisotopic (exact) mass is 272 g/mol. The fraction of sp³-hybridized carbons (Fsp3) is 0.333. The number of benzene rings is 1. The van der Waals surface area contributed by atoms with E-state index >= 15 is 0 Å². The van der Waals surface area contributed by atoms with Gasteiger partial charge in [0.1, 0.15) is 0 Å². The molecule has 20 heavy (non-hydrogen) atoms. The molecule has 1 aromatic heterocycles. The summed E-state index contributed by atoms with van der Waals surface area (Å²) in [5, 5.41) is 7.11. The van der Waals surface area contributed by atoms with Gasteiger partial charge in [-0.25, -0.2) is 0 Å². The minimum atomic E-state index is -0.198. The first-order valence-electron chi connectivity index (χ1n) is 6.51. The summed E-state index contributed by atoms with van der Waals surface area (Å²) in [6.45, 7) is 8.03. The number of anilines is 2. The Bertz CT molecular complexity index is 638. The van der Waals surface area contributed by atoms with Gasteiger partial charge in [-0.3, -0.25) is 9.48 Å². The van der Waals surface area contributed by atoms with Gasteiger partial charge >= 0.3 is 0 Å². The Labute approximate surface area is 118 Å². The number of para-hydroxylation sites is 2. The number of nitrogen functional groups attached to an aromatic ring is 1. The van der Waals surface area contributed by atoms with Crippen molar-refractivity contribution < 1.29 is 4.79 Å². The molecule has 0 bridgehead atoms. The van der Waals surface area contributed by atoms with Gasteiger partial charge in [-0.05, 0) is 39.8 Å². The van der Waals surface area contributed by atoms with Crippen LogP contribution in [0.25, 0.3) is 0 Å². The average molecular weight is 272 g/mol. The van der Waals surface area contributed by atoms with E-state index in [9.17, 15) is 4.79 Å². The molecular weight excluding hydrogens is 252 g/mol. The molecule has 5 heteroatoms. The number of carbonyl (C=O) groups is 1. The highest BCUT2D eigenvalue weighted by Gasteiger charge is 2.21. The van der Waals surface area contributed by atoms with Gasteiger partial charge in [-0.15, -0.1) is 0 Å². The first kappa shape index (κ1) is 14.1. The topological polar surface area (TPSA) is 72.9 Å². The van der Waals surface area contributed by atoms with Crippen LogP contribution in [0.4, 0.5) is 11.4 Å². The fourth-order valence-corrected chi connectivity index (χ4v) is 2.11. The third kappa shape index (κ3) is 2.66. The van der Waals surface area contributed by atoms with Gasteiger partial charge in [0.05, 0.1) is 28.7 Å². The molecule has 106 valence electrons. The molecule has 1 heterocycles. The number of rotatable bonds is 2. The number of amides is 1. The Morgan fingerprint density at radius 1 is 1.30 bits per heavy atom. The van der Waals surface area contributed by atoms with E-state index in [-0.39, 0.29) is 11.4 Å². The molecule has 1 aromatic carbocycles. The second-order valence-electron chi connectivity index (χ2n) is 5.77. The zero-order valence-electron chi connectivity index (χ0n) is 12.3. The SMILES string of the molecule is Cc1c(C(=O)Nc2ccccc2N)cnn1C(C)(C)C. The third-order valence-corrected chi connectivity index (χ3v) is 3.10. The number of nitrogens with one attached hydrogen (secondary N) is 1. The standard InChI is InChI=1S/C15H20N4O/c1-10-11(9-17-19(10)15(2,3)4)14(20)18-13-8-6-5-7-12(13)16/h5-9H,16H2,1-4H3,(H,18,20). The summed E-state index contributed by atoms with van der Waals surface area (Å²) < 4.78 is 1.84. The van der Waals surface area contributed by atoms with Crippen LogP contribution in [0, 0.1) is 6.92 Å². The Hall–Kier alpha value is -2.30. The molecule has 1 amide bonds. The van der Waals surface area contributed by atoms with Gasteiger partial charge in [0.2, 0.25) is 0 Å². The maximum Gasteiger partial charge on any atom is 0.259 e. The lowest BCUT2D eigenvalue weighted by molar-refractivity contribution is 0.102. The number of carbonyl (C=O) groups excluding carboxylic acids is 1. The van der Waals surface area contributed by atoms with Gasteiger partial charge in [0, 0.05) is 5.69 Å². The van der Waals surface area contributed by atoms with Gasteiger partial charge < -0.3 is 11.1 Å². The maximum atomic E-state index is 12.3. The minimum Gasteiger partial charge on any atom is -0.397 e. The van der Waals surface area contributed by atoms with Crippen LogP contribution in [0.3, 0.4) is 0 Å². The summed E-state index contributed by atoms with van der Waals surface area (Å²) in [6.07, 6.45) is 1.59. The molecule has 3 N–H and O–H groups in total. The number of hydrogen-bond acceptors (Lipinski definition) is 3. The van der Waals surface area contributed by atoms with Crippen molar-refractivity contribution in [3.05, 3.63) is 41.7 Å². The van der Waals surface area contributed by atoms with Crippen LogP contribution in [-0.4, -0.2) is 15.7 Å². The van der Waals surface area contributed by atoms with Crippen molar-refractivity contribution in [1.82, 2.24) is 9.78 Å². The highest BCUT2D eigenvalue weighted by atomic mass is 16.1. The first-order valence-corrected chi connectivity index (χ1v) is 6.51. The van der Waals surface area contributed by atoms with Crippen LogP contribution in [-0.2, 0) is 5.54 Å². The molecular formula is C15H20N4O. The van der Waals surface area contributed by atoms with Gasteiger partial charge in [0.25, 0.3) is 5.91 Å². The quantitative estimate of drug-likeness (QED) is 0.826. The lowest BCUT2D eigenvalue weighted by atomic mass is 10.1. The predicted octanol–water partition coefficient (Wildman–Crippen LogP) is 2.78. The third-order valence-electron chi connectivity index (χ3n) is 3.10. The Balaban J connectivity index is 2.27. The summed E-state index contributed by atoms with van der Waals surface area (Å²) in [5.41, 5.74) is 8.22. The number of hydrogen-bond donors (Lipinski definition) is 2. The van der Waals surface area contributed by atoms with E-state index in [2.05, 4.69) is 10.4 Å². The lowest BCUT2D eigenvalue weighted by Crippen LogP contribution is -2.25. The molecule has 0 saturated heterocycles. The number of nitrogens with zero attached hydrogens (tertiary/aromatic N) is 2. The maximum absolute atomic E-state index is 12.3. The van der Waals surface area contributed by atoms with Crippen molar-refractivity contribution in [2.75, 3.05) is 11.1 Å². The van der Waals surface area contributed by atoms with E-state index in [0.717, 1.165) is 5.69 Å². The molecule has 0 radical (unpaired) electrons. The largest absolute Gasteiger partial charge is 0.397 e. The van der Waals surface area contributed by atoms with Crippen molar-refractivity contribution in [2.24, 2.45) is 0 Å². The van der Waals surface area contributed by atoms with Crippen LogP contribution < -0.4 is 11.1 Å². The molecule has 0 spiro atoms. The highest BCUT2D eigenvalue weighted by molar-refractivity contribution is 6.06. The van der Waals surface area contributed by atoms with E-state index in [0.29, 0.717) is 16.9 Å². The molecule has 0 aliphatic heterocycles. The van der Waals surface area contributed by atoms with Gasteiger partial charge in [0.15, 0.2) is 0 Å². The van der Waals surface area contributed by atoms with Crippen molar-refractivity contribution in [1.29, 1.82) is 0 Å². The molecule has 0 fully saturated rings. The zero-order chi connectivity index (χ0) is 14.9. The number of nitrogens with two attached hydrogens (primary N) is 1. The van der Waals surface area contributed by atoms with E-state index in [4.69, 9.17) is 5.73 Å². The zero-order valence-corrected chi connectivity index (χ0v) is 12.3. The molecule has 0 aliphatic carbocycles. The molecule has 0 saturated carbocycles. The average Bonchev–Trinajstić information content (AvgIpc) is 2.74. The van der Waals surface area contributed by atoms with Crippen LogP contribution in [0.1, 0.15) is 36.8 Å². The molecule has 0 atom stereocenters. The van der Waals surface area contributed by atoms with E-state index < -0.39 is 0 Å². The summed E-state index contributed by atoms with van der Waals surface area (Å²) in [4.78, 5) is 12.3. The molecule has 0 aliphatic rings. The highest BCUT2D eigenvalue weighted by Crippen LogP contribution is 2.21. The minimum absolute atomic E-state index is 0.158. The summed E-state index contributed by atoms with van der Waals surface area (Å²) in [7, 11) is 0. The van der Waals surface area contributed by atoms with Crippen molar-refractivity contribution in [3.8, 4) is 0 Å². The van der Waals surface area contributed by atoms with Crippen LogP contribution in [0.5, 0.6) is 0 Å². The fourth-order valence-electron chi connectivity index (χ4n) is 2.11. The summed E-state index contributed by atoms with van der Waals surface area (Å²) in [5.74, 6) is -0.198. The van der Waals surface area contributed by atoms with Crippen LogP contribution >= 0.6 is 0 Å². The lowest BCUT2D eigenvalue weighted by Gasteiger charge is -2.21.